The van der Waals surface area contributed by atoms with Crippen molar-refractivity contribution in [2.45, 2.75) is 25.5 Å². The van der Waals surface area contributed by atoms with Crippen molar-refractivity contribution in [2.75, 3.05) is 0 Å². The molecule has 0 fully saturated rings. The van der Waals surface area contributed by atoms with Crippen molar-refractivity contribution in [2.24, 2.45) is 10.9 Å². The maximum Gasteiger partial charge on any atom is 0.183 e. The summed E-state index contributed by atoms with van der Waals surface area (Å²) in [5.41, 5.74) is 1.81. The van der Waals surface area contributed by atoms with Gasteiger partial charge >= 0.3 is 0 Å². The summed E-state index contributed by atoms with van der Waals surface area (Å²) in [6.45, 7) is 4.38. The normalized spacial score (nSPS) is 20.1. The molecule has 1 aliphatic rings. The first-order valence-corrected chi connectivity index (χ1v) is 7.05. The highest BCUT2D eigenvalue weighted by molar-refractivity contribution is 5.57. The lowest BCUT2D eigenvalue weighted by atomic mass is 9.76. The lowest BCUT2D eigenvalue weighted by Gasteiger charge is -2.36. The van der Waals surface area contributed by atoms with E-state index in [-0.39, 0.29) is 6.04 Å². The van der Waals surface area contributed by atoms with Crippen molar-refractivity contribution in [1.82, 2.24) is 0 Å². The Bertz CT molecular complexity index is 550. The molecule has 2 heteroatoms. The zero-order valence-electron chi connectivity index (χ0n) is 11.9. The van der Waals surface area contributed by atoms with Gasteiger partial charge in [0, 0.05) is 11.1 Å². The molecule has 0 aromatic heterocycles. The molecule has 102 valence electrons. The summed E-state index contributed by atoms with van der Waals surface area (Å²) in [6.07, 6.45) is 1.62. The van der Waals surface area contributed by atoms with Crippen molar-refractivity contribution >= 4 is 6.40 Å². The van der Waals surface area contributed by atoms with Crippen LogP contribution in [0.4, 0.5) is 0 Å². The molecule has 2 nitrogen and oxygen atoms in total. The molecule has 1 unspecified atom stereocenters. The minimum absolute atomic E-state index is 0.0901. The van der Waals surface area contributed by atoms with Crippen molar-refractivity contribution in [1.29, 1.82) is 0 Å². The third-order valence-electron chi connectivity index (χ3n) is 3.91. The Labute approximate surface area is 120 Å². The van der Waals surface area contributed by atoms with E-state index in [1.54, 1.807) is 6.40 Å². The molecule has 1 heterocycles. The highest BCUT2D eigenvalue weighted by Gasteiger charge is 2.48. The Morgan fingerprint density at radius 2 is 1.40 bits per heavy atom. The third kappa shape index (κ3) is 1.92. The second kappa shape index (κ2) is 5.12. The summed E-state index contributed by atoms with van der Waals surface area (Å²) in [5, 5.41) is 0. The minimum Gasteiger partial charge on any atom is -0.465 e. The number of ether oxygens (including phenoxy) is 1. The smallest absolute Gasteiger partial charge is 0.183 e. The first-order chi connectivity index (χ1) is 9.75. The number of nitrogens with zero attached hydrogens (tertiary/aromatic N) is 1. The van der Waals surface area contributed by atoms with Gasteiger partial charge in [-0.15, -0.1) is 0 Å². The second-order valence-corrected chi connectivity index (χ2v) is 5.53. The van der Waals surface area contributed by atoms with Crippen LogP contribution in [0.15, 0.2) is 65.7 Å². The predicted molar refractivity (Wildman–Crippen MR) is 81.9 cm³/mol. The van der Waals surface area contributed by atoms with Crippen LogP contribution in [0.3, 0.4) is 0 Å². The molecule has 0 amide bonds. The van der Waals surface area contributed by atoms with Crippen LogP contribution in [0.1, 0.15) is 25.0 Å². The first-order valence-electron chi connectivity index (χ1n) is 7.05. The average Bonchev–Trinajstić information content (AvgIpc) is 2.95. The Kier molecular flexibility index (Phi) is 3.31. The van der Waals surface area contributed by atoms with E-state index in [0.29, 0.717) is 5.92 Å². The summed E-state index contributed by atoms with van der Waals surface area (Å²) in [4.78, 5) is 4.59. The Balaban J connectivity index is 2.19. The van der Waals surface area contributed by atoms with E-state index in [9.17, 15) is 0 Å². The fourth-order valence-corrected chi connectivity index (χ4v) is 3.01. The van der Waals surface area contributed by atoms with Crippen LogP contribution >= 0.6 is 0 Å². The fraction of sp³-hybridized carbons (Fsp3) is 0.278. The molecule has 0 spiro atoms. The van der Waals surface area contributed by atoms with Gasteiger partial charge in [-0.3, -0.25) is 0 Å². The molecule has 20 heavy (non-hydrogen) atoms. The van der Waals surface area contributed by atoms with Gasteiger partial charge in [-0.2, -0.15) is 0 Å². The summed E-state index contributed by atoms with van der Waals surface area (Å²) in [6, 6.07) is 20.9. The van der Waals surface area contributed by atoms with Gasteiger partial charge in [0.25, 0.3) is 0 Å². The quantitative estimate of drug-likeness (QED) is 0.821. The van der Waals surface area contributed by atoms with Gasteiger partial charge in [-0.1, -0.05) is 74.5 Å². The van der Waals surface area contributed by atoms with Crippen molar-refractivity contribution in [3.63, 3.8) is 0 Å². The zero-order chi connectivity index (χ0) is 14.0. The van der Waals surface area contributed by atoms with E-state index >= 15 is 0 Å². The van der Waals surface area contributed by atoms with Gasteiger partial charge in [0.15, 0.2) is 12.0 Å². The molecule has 2 aromatic rings. The summed E-state index contributed by atoms with van der Waals surface area (Å²) < 4.78 is 6.09. The highest BCUT2D eigenvalue weighted by Crippen LogP contribution is 2.43. The van der Waals surface area contributed by atoms with Crippen LogP contribution in [0.2, 0.25) is 0 Å². The summed E-state index contributed by atoms with van der Waals surface area (Å²) >= 11 is 0. The van der Waals surface area contributed by atoms with E-state index in [1.807, 2.05) is 12.1 Å². The van der Waals surface area contributed by atoms with Crippen LogP contribution in [0.5, 0.6) is 0 Å². The van der Waals surface area contributed by atoms with Crippen molar-refractivity contribution < 1.29 is 4.74 Å². The number of hydrogen-bond donors (Lipinski definition) is 0. The van der Waals surface area contributed by atoms with Crippen LogP contribution in [-0.4, -0.2) is 12.4 Å². The summed E-state index contributed by atoms with van der Waals surface area (Å²) in [5.74, 6) is 0.397. The SMILES string of the molecule is CC(C)C1N=COC1(c1ccccc1)c1ccccc1. The van der Waals surface area contributed by atoms with Crippen LogP contribution in [-0.2, 0) is 10.3 Å². The molecule has 0 saturated carbocycles. The molecular formula is C18H19NO. The van der Waals surface area contributed by atoms with Gasteiger partial charge in [0.05, 0.1) is 0 Å². The number of rotatable bonds is 3. The van der Waals surface area contributed by atoms with E-state index in [4.69, 9.17) is 4.74 Å². The maximum atomic E-state index is 6.09. The molecule has 1 aliphatic heterocycles. The number of benzene rings is 2. The second-order valence-electron chi connectivity index (χ2n) is 5.53. The third-order valence-corrected chi connectivity index (χ3v) is 3.91. The van der Waals surface area contributed by atoms with Gasteiger partial charge in [0.1, 0.15) is 6.04 Å². The molecule has 2 aromatic carbocycles. The van der Waals surface area contributed by atoms with E-state index in [0.717, 1.165) is 11.1 Å². The first kappa shape index (κ1) is 12.9. The fourth-order valence-electron chi connectivity index (χ4n) is 3.01. The molecule has 0 radical (unpaired) electrons. The minimum atomic E-state index is -0.503. The Morgan fingerprint density at radius 1 is 0.900 bits per heavy atom. The van der Waals surface area contributed by atoms with Crippen LogP contribution in [0, 0.1) is 5.92 Å². The van der Waals surface area contributed by atoms with Crippen LogP contribution < -0.4 is 0 Å². The zero-order valence-corrected chi connectivity index (χ0v) is 11.9. The van der Waals surface area contributed by atoms with Crippen molar-refractivity contribution in [3.05, 3.63) is 71.8 Å². The van der Waals surface area contributed by atoms with E-state index < -0.39 is 5.60 Å². The summed E-state index contributed by atoms with van der Waals surface area (Å²) in [7, 11) is 0. The predicted octanol–water partition coefficient (Wildman–Crippen LogP) is 4.01. The van der Waals surface area contributed by atoms with Gasteiger partial charge in [-0.05, 0) is 5.92 Å². The van der Waals surface area contributed by atoms with Gasteiger partial charge in [0.2, 0.25) is 0 Å². The molecule has 0 N–H and O–H groups in total. The average molecular weight is 265 g/mol. The molecular weight excluding hydrogens is 246 g/mol. The largest absolute Gasteiger partial charge is 0.465 e. The Hall–Kier alpha value is -2.09. The van der Waals surface area contributed by atoms with E-state index in [1.165, 1.54) is 0 Å². The standard InChI is InChI=1S/C18H19NO/c1-14(2)17-18(20-13-19-17,15-9-5-3-6-10-15)16-11-7-4-8-12-16/h3-14,17H,1-2H3. The van der Waals surface area contributed by atoms with Crippen LogP contribution in [0.25, 0.3) is 0 Å². The molecule has 3 rings (SSSR count). The van der Waals surface area contributed by atoms with Gasteiger partial charge < -0.3 is 4.74 Å². The van der Waals surface area contributed by atoms with Gasteiger partial charge in [-0.25, -0.2) is 4.99 Å². The number of hydrogen-bond acceptors (Lipinski definition) is 2. The lowest BCUT2D eigenvalue weighted by molar-refractivity contribution is 0.0867. The molecule has 0 saturated heterocycles. The monoisotopic (exact) mass is 265 g/mol. The van der Waals surface area contributed by atoms with E-state index in [2.05, 4.69) is 67.4 Å². The molecule has 0 aliphatic carbocycles. The maximum absolute atomic E-state index is 6.09. The van der Waals surface area contributed by atoms with Crippen molar-refractivity contribution in [3.8, 4) is 0 Å². The number of aliphatic imine (C=N–C) groups is 1. The Morgan fingerprint density at radius 3 is 1.85 bits per heavy atom. The topological polar surface area (TPSA) is 21.6 Å². The highest BCUT2D eigenvalue weighted by atomic mass is 16.5. The molecule has 0 bridgehead atoms. The lowest BCUT2D eigenvalue weighted by Crippen LogP contribution is -2.41. The molecule has 1 atom stereocenters.